The van der Waals surface area contributed by atoms with E-state index < -0.39 is 0 Å². The van der Waals surface area contributed by atoms with Gasteiger partial charge in [0.1, 0.15) is 5.71 Å². The zero-order valence-corrected chi connectivity index (χ0v) is 9.79. The molecule has 3 aromatic rings. The summed E-state index contributed by atoms with van der Waals surface area (Å²) < 4.78 is 1.49. The molecule has 0 bridgehead atoms. The van der Waals surface area contributed by atoms with Crippen molar-refractivity contribution in [3.05, 3.63) is 64.3 Å². The van der Waals surface area contributed by atoms with Crippen LogP contribution in [0, 0.1) is 5.41 Å². The van der Waals surface area contributed by atoms with Crippen molar-refractivity contribution in [3.63, 3.8) is 0 Å². The Bertz CT molecular complexity index is 911. The van der Waals surface area contributed by atoms with Gasteiger partial charge in [-0.1, -0.05) is 18.2 Å². The molecule has 5 heteroatoms. The number of nitrogens with one attached hydrogen (secondary N) is 1. The quantitative estimate of drug-likeness (QED) is 0.512. The molecule has 3 heterocycles. The monoisotopic (exact) mass is 248 g/mol. The lowest BCUT2D eigenvalue weighted by atomic mass is 10.1. The molecule has 0 saturated carbocycles. The minimum Gasteiger partial charge on any atom is -0.296 e. The van der Waals surface area contributed by atoms with Gasteiger partial charge in [0.25, 0.3) is 5.56 Å². The molecular weight excluding hydrogens is 240 g/mol. The number of hydrogen-bond donors (Lipinski definition) is 1. The van der Waals surface area contributed by atoms with E-state index in [1.165, 1.54) is 4.57 Å². The van der Waals surface area contributed by atoms with Gasteiger partial charge in [0.15, 0.2) is 11.5 Å². The highest BCUT2D eigenvalue weighted by Crippen LogP contribution is 2.25. The van der Waals surface area contributed by atoms with E-state index in [0.717, 1.165) is 5.56 Å². The van der Waals surface area contributed by atoms with Crippen molar-refractivity contribution in [1.82, 2.24) is 14.5 Å². The topological polar surface area (TPSA) is 71.6 Å². The lowest BCUT2D eigenvalue weighted by Gasteiger charge is -2.04. The lowest BCUT2D eigenvalue weighted by Crippen LogP contribution is -2.21. The van der Waals surface area contributed by atoms with Crippen molar-refractivity contribution in [1.29, 1.82) is 5.41 Å². The lowest BCUT2D eigenvalue weighted by molar-refractivity contribution is 0.958. The summed E-state index contributed by atoms with van der Waals surface area (Å²) in [4.78, 5) is 21.0. The fraction of sp³-hybridized carbons (Fsp3) is 0. The average Bonchev–Trinajstić information content (AvgIpc) is 2.74. The van der Waals surface area contributed by atoms with E-state index in [9.17, 15) is 4.79 Å². The summed E-state index contributed by atoms with van der Waals surface area (Å²) in [6.45, 7) is 0. The number of para-hydroxylation sites is 1. The Morgan fingerprint density at radius 1 is 1.11 bits per heavy atom. The number of nitrogens with zero attached hydrogens (tertiary/aromatic N) is 3. The second-order valence-corrected chi connectivity index (χ2v) is 4.34. The molecule has 4 rings (SSSR count). The third-order valence-electron chi connectivity index (χ3n) is 3.28. The van der Waals surface area contributed by atoms with Gasteiger partial charge in [-0.3, -0.25) is 14.8 Å². The molecule has 0 unspecified atom stereocenters. The van der Waals surface area contributed by atoms with Crippen LogP contribution in [-0.4, -0.2) is 20.2 Å². The van der Waals surface area contributed by atoms with Gasteiger partial charge in [-0.25, -0.2) is 9.97 Å². The van der Waals surface area contributed by atoms with Gasteiger partial charge < -0.3 is 0 Å². The van der Waals surface area contributed by atoms with E-state index >= 15 is 0 Å². The third-order valence-corrected chi connectivity index (χ3v) is 3.28. The van der Waals surface area contributed by atoms with Gasteiger partial charge in [-0.2, -0.15) is 0 Å². The van der Waals surface area contributed by atoms with Gasteiger partial charge in [-0.15, -0.1) is 0 Å². The Balaban J connectivity index is 2.24. The number of aromatic nitrogens is 3. The predicted molar refractivity (Wildman–Crippen MR) is 71.1 cm³/mol. The first-order chi connectivity index (χ1) is 9.27. The summed E-state index contributed by atoms with van der Waals surface area (Å²) in [5.41, 5.74) is 1.91. The van der Waals surface area contributed by atoms with Crippen molar-refractivity contribution < 1.29 is 0 Å². The molecule has 1 aromatic carbocycles. The summed E-state index contributed by atoms with van der Waals surface area (Å²) in [6.07, 6.45) is 1.59. The zero-order chi connectivity index (χ0) is 13.0. The minimum absolute atomic E-state index is 0.178. The van der Waals surface area contributed by atoms with Crippen LogP contribution < -0.4 is 5.56 Å². The number of fused-ring (bicyclic) bond motifs is 4. The molecule has 0 radical (unpaired) electrons. The highest BCUT2D eigenvalue weighted by Gasteiger charge is 2.26. The number of hydrogen-bond acceptors (Lipinski definition) is 4. The maximum Gasteiger partial charge on any atom is 0.267 e. The van der Waals surface area contributed by atoms with Gasteiger partial charge in [0.05, 0.1) is 11.1 Å². The molecular formula is C14H8N4O. The van der Waals surface area contributed by atoms with Crippen molar-refractivity contribution in [2.24, 2.45) is 0 Å². The number of pyridine rings is 1. The molecule has 1 aliphatic heterocycles. The van der Waals surface area contributed by atoms with E-state index in [-0.39, 0.29) is 11.3 Å². The highest BCUT2D eigenvalue weighted by atomic mass is 16.1. The van der Waals surface area contributed by atoms with Gasteiger partial charge in [-0.05, 0) is 18.2 Å². The molecule has 0 amide bonds. The van der Waals surface area contributed by atoms with Crippen molar-refractivity contribution in [3.8, 4) is 5.69 Å². The second-order valence-electron chi connectivity index (χ2n) is 4.34. The molecule has 0 fully saturated rings. The first-order valence-corrected chi connectivity index (χ1v) is 5.84. The van der Waals surface area contributed by atoms with E-state index in [2.05, 4.69) is 9.97 Å². The van der Waals surface area contributed by atoms with Crippen LogP contribution in [0.1, 0.15) is 11.4 Å². The Kier molecular flexibility index (Phi) is 1.79. The summed E-state index contributed by atoms with van der Waals surface area (Å²) in [5.74, 6) is 0.359. The number of rotatable bonds is 0. The van der Waals surface area contributed by atoms with Crippen LogP contribution in [0.3, 0.4) is 0 Å². The summed E-state index contributed by atoms with van der Waals surface area (Å²) in [7, 11) is 0. The molecule has 1 aliphatic rings. The van der Waals surface area contributed by atoms with Crippen LogP contribution in [0.2, 0.25) is 0 Å². The Hall–Kier alpha value is -2.82. The van der Waals surface area contributed by atoms with Crippen LogP contribution in [-0.2, 0) is 0 Å². The molecule has 19 heavy (non-hydrogen) atoms. The van der Waals surface area contributed by atoms with Crippen molar-refractivity contribution >= 4 is 16.7 Å². The standard InChI is InChI=1S/C14H8N4O/c15-11-8-4-1-2-6-10(8)18-13(11)17-12-9(14(18)19)5-3-7-16-12/h1-7,15H. The molecule has 1 N–H and O–H groups in total. The largest absolute Gasteiger partial charge is 0.296 e. The zero-order valence-electron chi connectivity index (χ0n) is 9.79. The van der Waals surface area contributed by atoms with Crippen LogP contribution in [0.15, 0.2) is 47.4 Å². The van der Waals surface area contributed by atoms with Crippen LogP contribution >= 0.6 is 0 Å². The van der Waals surface area contributed by atoms with E-state index in [1.54, 1.807) is 18.3 Å². The second kappa shape index (κ2) is 3.35. The van der Waals surface area contributed by atoms with Crippen molar-refractivity contribution in [2.45, 2.75) is 0 Å². The fourth-order valence-electron chi connectivity index (χ4n) is 2.41. The maximum absolute atomic E-state index is 12.5. The predicted octanol–water partition coefficient (Wildman–Crippen LogP) is 1.51. The maximum atomic E-state index is 12.5. The van der Waals surface area contributed by atoms with Gasteiger partial charge >= 0.3 is 0 Å². The fourth-order valence-corrected chi connectivity index (χ4v) is 2.41. The molecule has 5 nitrogen and oxygen atoms in total. The molecule has 0 atom stereocenters. The normalized spacial score (nSPS) is 12.5. The third kappa shape index (κ3) is 1.18. The van der Waals surface area contributed by atoms with Crippen LogP contribution in [0.4, 0.5) is 0 Å². The first-order valence-electron chi connectivity index (χ1n) is 5.84. The minimum atomic E-state index is -0.178. The average molecular weight is 248 g/mol. The molecule has 0 aliphatic carbocycles. The van der Waals surface area contributed by atoms with E-state index in [0.29, 0.717) is 22.5 Å². The van der Waals surface area contributed by atoms with E-state index in [1.807, 2.05) is 24.3 Å². The molecule has 2 aromatic heterocycles. The SMILES string of the molecule is N=C1c2ccccc2-n2c1nc1ncccc1c2=O. The van der Waals surface area contributed by atoms with E-state index in [4.69, 9.17) is 5.41 Å². The highest BCUT2D eigenvalue weighted by molar-refractivity contribution is 6.14. The molecule has 0 spiro atoms. The van der Waals surface area contributed by atoms with Crippen LogP contribution in [0.25, 0.3) is 16.7 Å². The molecule has 0 saturated heterocycles. The number of benzene rings is 1. The van der Waals surface area contributed by atoms with Gasteiger partial charge in [0.2, 0.25) is 0 Å². The molecule has 90 valence electrons. The Morgan fingerprint density at radius 3 is 2.84 bits per heavy atom. The summed E-state index contributed by atoms with van der Waals surface area (Å²) >= 11 is 0. The smallest absolute Gasteiger partial charge is 0.267 e. The Labute approximate surface area is 107 Å². The van der Waals surface area contributed by atoms with Gasteiger partial charge in [0, 0.05) is 11.8 Å². The first kappa shape index (κ1) is 10.1. The Morgan fingerprint density at radius 2 is 1.95 bits per heavy atom. The summed E-state index contributed by atoms with van der Waals surface area (Å²) in [6, 6.07) is 10.8. The van der Waals surface area contributed by atoms with Crippen molar-refractivity contribution in [2.75, 3.05) is 0 Å². The summed E-state index contributed by atoms with van der Waals surface area (Å²) in [5, 5.41) is 8.60. The van der Waals surface area contributed by atoms with Crippen LogP contribution in [0.5, 0.6) is 0 Å².